The van der Waals surface area contributed by atoms with Gasteiger partial charge in [0.05, 0.1) is 6.04 Å². The van der Waals surface area contributed by atoms with Gasteiger partial charge in [-0.25, -0.2) is 0 Å². The number of hydrogen-bond donors (Lipinski definition) is 1. The van der Waals surface area contributed by atoms with E-state index in [0.717, 1.165) is 16.7 Å². The van der Waals surface area contributed by atoms with Crippen LogP contribution in [0.15, 0.2) is 78.9 Å². The number of hydrogen-bond acceptors (Lipinski definition) is 3. The van der Waals surface area contributed by atoms with Crippen LogP contribution < -0.4 is 5.32 Å². The van der Waals surface area contributed by atoms with Crippen molar-refractivity contribution in [2.24, 2.45) is 5.92 Å². The minimum atomic E-state index is -0.170. The number of amides is 3. The molecule has 36 heavy (non-hydrogen) atoms. The molecule has 1 saturated heterocycles. The number of likely N-dealkylation sites (tertiary alicyclic amines) is 1. The Bertz CT molecular complexity index is 1230. The number of nitrogens with one attached hydrogen (secondary N) is 1. The highest BCUT2D eigenvalue weighted by atomic mass is 16.2. The Balaban J connectivity index is 1.35. The quantitative estimate of drug-likeness (QED) is 0.516. The second kappa shape index (κ2) is 11.2. The summed E-state index contributed by atoms with van der Waals surface area (Å²) in [6.45, 7) is 5.09. The Morgan fingerprint density at radius 1 is 0.917 bits per heavy atom. The molecule has 0 aliphatic carbocycles. The molecule has 0 spiro atoms. The first kappa shape index (κ1) is 25.2. The summed E-state index contributed by atoms with van der Waals surface area (Å²) in [5.41, 5.74) is 3.93. The fraction of sp³-hybridized carbons (Fsp3) is 0.300. The molecule has 0 aromatic heterocycles. The maximum absolute atomic E-state index is 13.3. The van der Waals surface area contributed by atoms with Crippen molar-refractivity contribution in [3.8, 4) is 0 Å². The molecule has 0 saturated carbocycles. The Kier molecular flexibility index (Phi) is 7.84. The molecule has 0 bridgehead atoms. The zero-order chi connectivity index (χ0) is 25.7. The molecule has 3 aromatic rings. The zero-order valence-electron chi connectivity index (χ0n) is 21.1. The van der Waals surface area contributed by atoms with Crippen LogP contribution in [0.4, 0.5) is 5.69 Å². The fourth-order valence-corrected chi connectivity index (χ4v) is 4.68. The molecule has 1 fully saturated rings. The van der Waals surface area contributed by atoms with E-state index < -0.39 is 0 Å². The molecule has 1 atom stereocenters. The number of nitrogens with zero attached hydrogens (tertiary/aromatic N) is 2. The average Bonchev–Trinajstić information content (AvgIpc) is 2.92. The monoisotopic (exact) mass is 483 g/mol. The van der Waals surface area contributed by atoms with Gasteiger partial charge in [0.15, 0.2) is 0 Å². The smallest absolute Gasteiger partial charge is 0.255 e. The van der Waals surface area contributed by atoms with Crippen LogP contribution >= 0.6 is 0 Å². The van der Waals surface area contributed by atoms with Gasteiger partial charge < -0.3 is 15.1 Å². The van der Waals surface area contributed by atoms with Crippen molar-refractivity contribution in [1.82, 2.24) is 9.80 Å². The number of carbonyl (C=O) groups excluding carboxylic acids is 3. The summed E-state index contributed by atoms with van der Waals surface area (Å²) in [5, 5.41) is 2.94. The highest BCUT2D eigenvalue weighted by Crippen LogP contribution is 2.27. The van der Waals surface area contributed by atoms with Crippen molar-refractivity contribution in [3.63, 3.8) is 0 Å². The SMILES string of the molecule is Cc1ccccc1C(=O)N1CCC(C(=O)N(C)[C@H](C)c2cccc(NC(=O)c3ccccc3)c2)CC1. The predicted molar refractivity (Wildman–Crippen MR) is 142 cm³/mol. The van der Waals surface area contributed by atoms with Gasteiger partial charge >= 0.3 is 0 Å². The molecular formula is C30H33N3O3. The standard InChI is InChI=1S/C30H33N3O3/c1-21-10-7-8-15-27(21)30(36)33-18-16-24(17-19-33)29(35)32(3)22(2)25-13-9-14-26(20-25)31-28(34)23-11-5-4-6-12-23/h4-15,20,22,24H,16-19H2,1-3H3,(H,31,34)/t22-/m1/s1. The third-order valence-electron chi connectivity index (χ3n) is 7.10. The first-order chi connectivity index (χ1) is 17.3. The van der Waals surface area contributed by atoms with E-state index in [9.17, 15) is 14.4 Å². The van der Waals surface area contributed by atoms with E-state index in [4.69, 9.17) is 0 Å². The Labute approximate surface area is 212 Å². The van der Waals surface area contributed by atoms with E-state index in [2.05, 4.69) is 5.32 Å². The van der Waals surface area contributed by atoms with Crippen LogP contribution in [0.2, 0.25) is 0 Å². The number of piperidine rings is 1. The molecule has 0 radical (unpaired) electrons. The molecule has 1 aliphatic rings. The van der Waals surface area contributed by atoms with Crippen LogP contribution in [0.3, 0.4) is 0 Å². The van der Waals surface area contributed by atoms with Gasteiger partial charge in [-0.05, 0) is 68.1 Å². The molecule has 4 rings (SSSR count). The van der Waals surface area contributed by atoms with Crippen molar-refractivity contribution in [3.05, 3.63) is 101 Å². The van der Waals surface area contributed by atoms with Crippen LogP contribution in [0.25, 0.3) is 0 Å². The van der Waals surface area contributed by atoms with Gasteiger partial charge in [0.2, 0.25) is 5.91 Å². The summed E-state index contributed by atoms with van der Waals surface area (Å²) in [7, 11) is 1.83. The van der Waals surface area contributed by atoms with E-state index in [1.165, 1.54) is 0 Å². The van der Waals surface area contributed by atoms with E-state index in [1.807, 2.05) is 92.5 Å². The topological polar surface area (TPSA) is 69.7 Å². The number of anilines is 1. The van der Waals surface area contributed by atoms with Crippen LogP contribution in [0, 0.1) is 12.8 Å². The lowest BCUT2D eigenvalue weighted by Gasteiger charge is -2.35. The van der Waals surface area contributed by atoms with Crippen molar-refractivity contribution in [2.75, 3.05) is 25.5 Å². The summed E-state index contributed by atoms with van der Waals surface area (Å²) in [6, 6.07) is 24.2. The van der Waals surface area contributed by atoms with Gasteiger partial charge in [0.1, 0.15) is 0 Å². The van der Waals surface area contributed by atoms with Crippen molar-refractivity contribution < 1.29 is 14.4 Å². The number of rotatable bonds is 6. The average molecular weight is 484 g/mol. The van der Waals surface area contributed by atoms with Gasteiger partial charge in [-0.15, -0.1) is 0 Å². The summed E-state index contributed by atoms with van der Waals surface area (Å²) < 4.78 is 0. The third kappa shape index (κ3) is 5.65. The van der Waals surface area contributed by atoms with Gasteiger partial charge in [-0.3, -0.25) is 14.4 Å². The molecular weight excluding hydrogens is 450 g/mol. The van der Waals surface area contributed by atoms with Crippen molar-refractivity contribution in [2.45, 2.75) is 32.7 Å². The normalized spacial score (nSPS) is 14.7. The van der Waals surface area contributed by atoms with E-state index in [1.54, 1.807) is 17.0 Å². The molecule has 6 nitrogen and oxygen atoms in total. The molecule has 1 aliphatic heterocycles. The number of benzene rings is 3. The highest BCUT2D eigenvalue weighted by molar-refractivity contribution is 6.04. The minimum Gasteiger partial charge on any atom is -0.339 e. The number of aryl methyl sites for hydroxylation is 1. The second-order valence-electron chi connectivity index (χ2n) is 9.45. The van der Waals surface area contributed by atoms with Gasteiger partial charge in [-0.1, -0.05) is 48.5 Å². The highest BCUT2D eigenvalue weighted by Gasteiger charge is 2.31. The maximum Gasteiger partial charge on any atom is 0.255 e. The summed E-state index contributed by atoms with van der Waals surface area (Å²) >= 11 is 0. The lowest BCUT2D eigenvalue weighted by molar-refractivity contribution is -0.137. The Hall–Kier alpha value is -3.93. The lowest BCUT2D eigenvalue weighted by atomic mass is 9.93. The third-order valence-corrected chi connectivity index (χ3v) is 7.10. The van der Waals surface area contributed by atoms with Crippen molar-refractivity contribution >= 4 is 23.4 Å². The van der Waals surface area contributed by atoms with E-state index in [-0.39, 0.29) is 29.7 Å². The van der Waals surface area contributed by atoms with Crippen LogP contribution in [0.5, 0.6) is 0 Å². The lowest BCUT2D eigenvalue weighted by Crippen LogP contribution is -2.44. The maximum atomic E-state index is 13.3. The van der Waals surface area contributed by atoms with Crippen molar-refractivity contribution in [1.29, 1.82) is 0 Å². The molecule has 6 heteroatoms. The first-order valence-corrected chi connectivity index (χ1v) is 12.4. The van der Waals surface area contributed by atoms with E-state index in [0.29, 0.717) is 37.2 Å². The zero-order valence-corrected chi connectivity index (χ0v) is 21.1. The molecule has 3 amide bonds. The Morgan fingerprint density at radius 3 is 2.28 bits per heavy atom. The van der Waals surface area contributed by atoms with E-state index >= 15 is 0 Å². The van der Waals surface area contributed by atoms with Gasteiger partial charge in [0, 0.05) is 42.9 Å². The van der Waals surface area contributed by atoms with Crippen LogP contribution in [-0.2, 0) is 4.79 Å². The Morgan fingerprint density at radius 2 is 1.58 bits per heavy atom. The molecule has 1 N–H and O–H groups in total. The second-order valence-corrected chi connectivity index (χ2v) is 9.45. The van der Waals surface area contributed by atoms with Crippen LogP contribution in [0.1, 0.15) is 57.7 Å². The molecule has 3 aromatic carbocycles. The van der Waals surface area contributed by atoms with Gasteiger partial charge in [0.25, 0.3) is 11.8 Å². The van der Waals surface area contributed by atoms with Gasteiger partial charge in [-0.2, -0.15) is 0 Å². The minimum absolute atomic E-state index is 0.0371. The first-order valence-electron chi connectivity index (χ1n) is 12.4. The fourth-order valence-electron chi connectivity index (χ4n) is 4.68. The van der Waals surface area contributed by atoms with Crippen LogP contribution in [-0.4, -0.2) is 47.7 Å². The predicted octanol–water partition coefficient (Wildman–Crippen LogP) is 5.32. The largest absolute Gasteiger partial charge is 0.339 e. The number of carbonyl (C=O) groups is 3. The molecule has 1 heterocycles. The molecule has 0 unspecified atom stereocenters. The summed E-state index contributed by atoms with van der Waals surface area (Å²) in [6.07, 6.45) is 1.31. The summed E-state index contributed by atoms with van der Waals surface area (Å²) in [5.74, 6) is -0.157. The summed E-state index contributed by atoms with van der Waals surface area (Å²) in [4.78, 5) is 42.4. The molecule has 186 valence electrons.